The number of amides is 1. The van der Waals surface area contributed by atoms with Gasteiger partial charge < -0.3 is 9.80 Å². The molecule has 37 heavy (non-hydrogen) atoms. The predicted molar refractivity (Wildman–Crippen MR) is 150 cm³/mol. The molecule has 1 saturated carbocycles. The Labute approximate surface area is 230 Å². The van der Waals surface area contributed by atoms with E-state index in [0.717, 1.165) is 58.8 Å². The number of likely N-dealkylation sites (tertiary alicyclic amines) is 1. The van der Waals surface area contributed by atoms with Gasteiger partial charge in [-0.2, -0.15) is 0 Å². The van der Waals surface area contributed by atoms with Gasteiger partial charge in [0.2, 0.25) is 0 Å². The summed E-state index contributed by atoms with van der Waals surface area (Å²) in [6.07, 6.45) is 8.98. The molecule has 3 aliphatic rings. The first-order valence-electron chi connectivity index (χ1n) is 13.9. The molecule has 200 valence electrons. The Hall–Kier alpha value is -1.66. The Bertz CT molecular complexity index is 1040. The summed E-state index contributed by atoms with van der Waals surface area (Å²) in [7, 11) is 0. The molecule has 1 amide bonds. The molecule has 0 radical (unpaired) electrons. The van der Waals surface area contributed by atoms with Crippen LogP contribution >= 0.6 is 23.2 Å². The summed E-state index contributed by atoms with van der Waals surface area (Å²) in [5.41, 5.74) is 3.68. The van der Waals surface area contributed by atoms with Crippen LogP contribution in [0.2, 0.25) is 10.0 Å². The maximum atomic E-state index is 12.9. The molecular weight excluding hydrogens is 508 g/mol. The summed E-state index contributed by atoms with van der Waals surface area (Å²) in [5, 5.41) is 1.45. The van der Waals surface area contributed by atoms with Gasteiger partial charge in [0.1, 0.15) is 6.67 Å². The van der Waals surface area contributed by atoms with Crippen molar-refractivity contribution in [1.82, 2.24) is 14.7 Å². The molecule has 2 aliphatic heterocycles. The number of halogens is 3. The van der Waals surface area contributed by atoms with E-state index in [1.165, 1.54) is 45.1 Å². The van der Waals surface area contributed by atoms with Gasteiger partial charge in [0, 0.05) is 60.9 Å². The van der Waals surface area contributed by atoms with E-state index in [0.29, 0.717) is 31.1 Å². The van der Waals surface area contributed by atoms with Crippen LogP contribution in [0.3, 0.4) is 0 Å². The van der Waals surface area contributed by atoms with E-state index in [4.69, 9.17) is 23.2 Å². The summed E-state index contributed by atoms with van der Waals surface area (Å²) in [5.74, 6) is 0.628. The number of carbonyl (C=O) groups is 1. The lowest BCUT2D eigenvalue weighted by Crippen LogP contribution is -2.49. The minimum absolute atomic E-state index is 0.0247. The number of hydrogen-bond donors (Lipinski definition) is 0. The second-order valence-electron chi connectivity index (χ2n) is 11.0. The standard InChI is InChI=1S/C30H38Cl2FN3O/c31-28-19-25(20-29(32)27(28)18-22-10-12-36(21-22)26-4-2-1-3-5-26)23-6-8-24(9-7-23)30(37)35-16-14-34(13-11-33)15-17-35/h6-9,19-20,22,26H,1-5,10-18,21H2. The van der Waals surface area contributed by atoms with Crippen molar-refractivity contribution in [2.75, 3.05) is 52.5 Å². The van der Waals surface area contributed by atoms with Gasteiger partial charge in [-0.25, -0.2) is 4.39 Å². The molecule has 2 heterocycles. The number of hydrogen-bond acceptors (Lipinski definition) is 3. The number of nitrogens with zero attached hydrogens (tertiary/aromatic N) is 3. The van der Waals surface area contributed by atoms with Crippen LogP contribution in [0.1, 0.15) is 54.4 Å². The first-order chi connectivity index (χ1) is 18.0. The van der Waals surface area contributed by atoms with E-state index in [1.54, 1.807) is 0 Å². The summed E-state index contributed by atoms with van der Waals surface area (Å²) >= 11 is 13.6. The lowest BCUT2D eigenvalue weighted by Gasteiger charge is -2.34. The predicted octanol–water partition coefficient (Wildman–Crippen LogP) is 6.58. The highest BCUT2D eigenvalue weighted by atomic mass is 35.5. The van der Waals surface area contributed by atoms with Crippen LogP contribution in [0.5, 0.6) is 0 Å². The first-order valence-corrected chi connectivity index (χ1v) is 14.7. The molecule has 2 saturated heterocycles. The fourth-order valence-electron chi connectivity index (χ4n) is 6.34. The third kappa shape index (κ3) is 6.50. The highest BCUT2D eigenvalue weighted by molar-refractivity contribution is 6.36. The van der Waals surface area contributed by atoms with Crippen LogP contribution in [0.4, 0.5) is 4.39 Å². The highest BCUT2D eigenvalue weighted by Crippen LogP contribution is 2.36. The number of carbonyl (C=O) groups excluding carboxylic acids is 1. The average molecular weight is 547 g/mol. The molecule has 4 nitrogen and oxygen atoms in total. The smallest absolute Gasteiger partial charge is 0.253 e. The minimum atomic E-state index is -0.343. The van der Waals surface area contributed by atoms with Crippen molar-refractivity contribution >= 4 is 29.1 Å². The van der Waals surface area contributed by atoms with Crippen LogP contribution in [0, 0.1) is 5.92 Å². The highest BCUT2D eigenvalue weighted by Gasteiger charge is 2.30. The summed E-state index contributed by atoms with van der Waals surface area (Å²) < 4.78 is 12.6. The molecule has 0 spiro atoms. The maximum absolute atomic E-state index is 12.9. The van der Waals surface area contributed by atoms with Gasteiger partial charge >= 0.3 is 0 Å². The topological polar surface area (TPSA) is 26.8 Å². The van der Waals surface area contributed by atoms with E-state index in [1.807, 2.05) is 41.3 Å². The summed E-state index contributed by atoms with van der Waals surface area (Å²) in [6.45, 7) is 5.15. The van der Waals surface area contributed by atoms with Gasteiger partial charge in [0.25, 0.3) is 5.91 Å². The fourth-order valence-corrected chi connectivity index (χ4v) is 6.98. The number of rotatable bonds is 7. The number of benzene rings is 2. The quantitative estimate of drug-likeness (QED) is 0.392. The molecule has 3 fully saturated rings. The van der Waals surface area contributed by atoms with Gasteiger partial charge in [0.05, 0.1) is 0 Å². The molecule has 5 rings (SSSR count). The van der Waals surface area contributed by atoms with Crippen molar-refractivity contribution in [3.05, 3.63) is 57.6 Å². The Balaban J connectivity index is 1.20. The van der Waals surface area contributed by atoms with Crippen LogP contribution < -0.4 is 0 Å². The van der Waals surface area contributed by atoms with Crippen molar-refractivity contribution in [3.8, 4) is 11.1 Å². The third-order valence-corrected chi connectivity index (χ3v) is 9.24. The Morgan fingerprint density at radius 1 is 0.865 bits per heavy atom. The van der Waals surface area contributed by atoms with Crippen LogP contribution in [0.25, 0.3) is 11.1 Å². The first kappa shape index (κ1) is 26.9. The van der Waals surface area contributed by atoms with Crippen molar-refractivity contribution in [2.45, 2.75) is 51.0 Å². The van der Waals surface area contributed by atoms with Crippen molar-refractivity contribution < 1.29 is 9.18 Å². The molecule has 2 aromatic carbocycles. The molecule has 1 atom stereocenters. The van der Waals surface area contributed by atoms with Crippen molar-refractivity contribution in [3.63, 3.8) is 0 Å². The number of alkyl halides is 1. The third-order valence-electron chi connectivity index (χ3n) is 8.57. The van der Waals surface area contributed by atoms with E-state index in [2.05, 4.69) is 9.80 Å². The van der Waals surface area contributed by atoms with Gasteiger partial charge in [-0.05, 0) is 79.1 Å². The van der Waals surface area contributed by atoms with Crippen molar-refractivity contribution in [1.29, 1.82) is 0 Å². The molecule has 1 unspecified atom stereocenters. The molecule has 0 bridgehead atoms. The van der Waals surface area contributed by atoms with Crippen LogP contribution in [-0.4, -0.2) is 79.1 Å². The zero-order valence-electron chi connectivity index (χ0n) is 21.6. The van der Waals surface area contributed by atoms with Gasteiger partial charge in [-0.1, -0.05) is 54.6 Å². The van der Waals surface area contributed by atoms with Crippen LogP contribution in [-0.2, 0) is 6.42 Å². The molecular formula is C30H38Cl2FN3O. The zero-order valence-corrected chi connectivity index (χ0v) is 23.1. The second kappa shape index (κ2) is 12.5. The molecule has 7 heteroatoms. The van der Waals surface area contributed by atoms with Gasteiger partial charge in [0.15, 0.2) is 0 Å². The van der Waals surface area contributed by atoms with E-state index in [9.17, 15) is 9.18 Å². The van der Waals surface area contributed by atoms with Crippen molar-refractivity contribution in [2.24, 2.45) is 5.92 Å². The van der Waals surface area contributed by atoms with Gasteiger partial charge in [-0.15, -0.1) is 0 Å². The van der Waals surface area contributed by atoms with Crippen LogP contribution in [0.15, 0.2) is 36.4 Å². The van der Waals surface area contributed by atoms with E-state index >= 15 is 0 Å². The Morgan fingerprint density at radius 3 is 2.19 bits per heavy atom. The SMILES string of the molecule is O=C(c1ccc(-c2cc(Cl)c(CC3CCN(C4CCCCC4)C3)c(Cl)c2)cc1)N1CCN(CCF)CC1. The maximum Gasteiger partial charge on any atom is 0.253 e. The lowest BCUT2D eigenvalue weighted by atomic mass is 9.94. The fraction of sp³-hybridized carbons (Fsp3) is 0.567. The van der Waals surface area contributed by atoms with E-state index < -0.39 is 0 Å². The normalized spacial score (nSPS) is 22.0. The average Bonchev–Trinajstić information content (AvgIpc) is 3.40. The lowest BCUT2D eigenvalue weighted by molar-refractivity contribution is 0.0630. The Morgan fingerprint density at radius 2 is 1.54 bits per heavy atom. The number of piperazine rings is 1. The minimum Gasteiger partial charge on any atom is -0.336 e. The molecule has 2 aromatic rings. The molecule has 0 N–H and O–H groups in total. The zero-order chi connectivity index (χ0) is 25.8. The van der Waals surface area contributed by atoms with E-state index in [-0.39, 0.29) is 12.6 Å². The largest absolute Gasteiger partial charge is 0.336 e. The second-order valence-corrected chi connectivity index (χ2v) is 11.8. The Kier molecular flexibility index (Phi) is 9.07. The summed E-state index contributed by atoms with van der Waals surface area (Å²) in [6, 6.07) is 12.5. The monoisotopic (exact) mass is 545 g/mol. The molecule has 0 aromatic heterocycles. The summed E-state index contributed by atoms with van der Waals surface area (Å²) in [4.78, 5) is 19.6. The molecule has 1 aliphatic carbocycles. The van der Waals surface area contributed by atoms with Gasteiger partial charge in [-0.3, -0.25) is 9.69 Å².